The summed E-state index contributed by atoms with van der Waals surface area (Å²) in [6.07, 6.45) is 3.96. The summed E-state index contributed by atoms with van der Waals surface area (Å²) >= 11 is 0. The molecule has 101 valence electrons. The average Bonchev–Trinajstić information content (AvgIpc) is 2.47. The van der Waals surface area contributed by atoms with Crippen LogP contribution in [0.2, 0.25) is 0 Å². The minimum atomic E-state index is 0.885. The Kier molecular flexibility index (Phi) is 5.35. The van der Waals surface area contributed by atoms with Gasteiger partial charge in [0.05, 0.1) is 0 Å². The Balaban J connectivity index is 1.84. The van der Waals surface area contributed by atoms with E-state index >= 15 is 0 Å². The van der Waals surface area contributed by atoms with Crippen molar-refractivity contribution in [2.75, 3.05) is 0 Å². The van der Waals surface area contributed by atoms with E-state index in [9.17, 15) is 0 Å². The fraction of sp³-hybridized carbons (Fsp3) is 0.316. The number of aryl methyl sites for hydroxylation is 3. The van der Waals surface area contributed by atoms with Crippen molar-refractivity contribution in [1.29, 1.82) is 0 Å². The van der Waals surface area contributed by atoms with Crippen molar-refractivity contribution in [3.05, 3.63) is 70.8 Å². The van der Waals surface area contributed by atoms with Gasteiger partial charge in [-0.3, -0.25) is 0 Å². The third-order valence-electron chi connectivity index (χ3n) is 3.72. The van der Waals surface area contributed by atoms with Crippen LogP contribution in [0, 0.1) is 6.92 Å². The Hall–Kier alpha value is -1.63. The summed E-state index contributed by atoms with van der Waals surface area (Å²) in [5.41, 5.74) is 6.42. The van der Waals surface area contributed by atoms with E-state index in [0.29, 0.717) is 0 Å². The molecule has 0 fully saturated rings. The molecule has 2 rings (SSSR count). The van der Waals surface area contributed by atoms with E-state index in [1.54, 1.807) is 0 Å². The quantitative estimate of drug-likeness (QED) is 0.687. The molecule has 2 aromatic carbocycles. The van der Waals surface area contributed by atoms with Crippen LogP contribution in [-0.4, -0.2) is 13.0 Å². The summed E-state index contributed by atoms with van der Waals surface area (Å²) in [5, 5.41) is 0. The molecular formula is C19H22B. The first-order valence-corrected chi connectivity index (χ1v) is 7.41. The van der Waals surface area contributed by atoms with Crippen LogP contribution < -0.4 is 0 Å². The van der Waals surface area contributed by atoms with Gasteiger partial charge in [-0.2, -0.15) is 0 Å². The molecule has 0 atom stereocenters. The van der Waals surface area contributed by atoms with Crippen LogP contribution in [0.15, 0.2) is 48.5 Å². The molecular weight excluding hydrogens is 239 g/mol. The first-order chi connectivity index (χ1) is 9.67. The normalized spacial score (nSPS) is 10.4. The second kappa shape index (κ2) is 7.24. The first kappa shape index (κ1) is 14.8. The summed E-state index contributed by atoms with van der Waals surface area (Å²) in [6.45, 7) is 4.29. The molecule has 0 heterocycles. The van der Waals surface area contributed by atoms with Gasteiger partial charge in [0, 0.05) is 0 Å². The van der Waals surface area contributed by atoms with E-state index in [1.807, 2.05) is 0 Å². The average molecular weight is 261 g/mol. The fourth-order valence-corrected chi connectivity index (χ4v) is 2.30. The van der Waals surface area contributed by atoms with Crippen LogP contribution in [0.4, 0.5) is 0 Å². The summed E-state index contributed by atoms with van der Waals surface area (Å²) in [4.78, 5) is 0. The maximum absolute atomic E-state index is 6.17. The molecule has 1 radical (unpaired) electrons. The Morgan fingerprint density at radius 1 is 0.850 bits per heavy atom. The first-order valence-electron chi connectivity index (χ1n) is 7.41. The van der Waals surface area contributed by atoms with Crippen LogP contribution in [0.25, 0.3) is 0 Å². The van der Waals surface area contributed by atoms with Crippen molar-refractivity contribution in [1.82, 2.24) is 0 Å². The second-order valence-electron chi connectivity index (χ2n) is 5.49. The van der Waals surface area contributed by atoms with Crippen LogP contribution in [0.1, 0.15) is 35.6 Å². The third-order valence-corrected chi connectivity index (χ3v) is 3.72. The molecule has 0 aliphatic carbocycles. The number of benzene rings is 2. The molecule has 1 heteroatoms. The SMILES string of the molecule is [B]=C(CCc1ccc(C)cc1)Cc1ccc(CC)cc1. The topological polar surface area (TPSA) is 0 Å². The molecule has 0 aliphatic rings. The van der Waals surface area contributed by atoms with Crippen molar-refractivity contribution in [3.63, 3.8) is 0 Å². The number of hydrogen-bond acceptors (Lipinski definition) is 0. The molecule has 0 N–H and O–H groups in total. The Labute approximate surface area is 123 Å². The molecule has 0 spiro atoms. The zero-order valence-corrected chi connectivity index (χ0v) is 12.5. The van der Waals surface area contributed by atoms with Crippen LogP contribution in [-0.2, 0) is 19.3 Å². The van der Waals surface area contributed by atoms with Gasteiger partial charge in [0.15, 0.2) is 0 Å². The fourth-order valence-electron chi connectivity index (χ4n) is 2.30. The molecule has 0 unspecified atom stereocenters. The van der Waals surface area contributed by atoms with Gasteiger partial charge in [-0.05, 0) is 0 Å². The molecule has 0 aromatic heterocycles. The van der Waals surface area contributed by atoms with Crippen molar-refractivity contribution in [2.45, 2.75) is 39.5 Å². The van der Waals surface area contributed by atoms with Crippen molar-refractivity contribution >= 4 is 13.0 Å². The molecule has 0 amide bonds. The van der Waals surface area contributed by atoms with E-state index in [2.05, 4.69) is 62.4 Å². The van der Waals surface area contributed by atoms with Gasteiger partial charge >= 0.3 is 123 Å². The van der Waals surface area contributed by atoms with Gasteiger partial charge in [-0.1, -0.05) is 0 Å². The monoisotopic (exact) mass is 261 g/mol. The number of rotatable bonds is 6. The van der Waals surface area contributed by atoms with Crippen LogP contribution in [0.3, 0.4) is 0 Å². The summed E-state index contributed by atoms with van der Waals surface area (Å²) in [5.74, 6) is 0. The number of hydrogen-bond donors (Lipinski definition) is 0. The molecule has 0 aliphatic heterocycles. The molecule has 0 nitrogen and oxygen atoms in total. The molecule has 0 saturated heterocycles. The van der Waals surface area contributed by atoms with Crippen LogP contribution in [0.5, 0.6) is 0 Å². The Bertz CT molecular complexity index is 549. The zero-order chi connectivity index (χ0) is 14.4. The van der Waals surface area contributed by atoms with E-state index in [4.69, 9.17) is 7.49 Å². The van der Waals surface area contributed by atoms with Gasteiger partial charge in [0.1, 0.15) is 0 Å². The van der Waals surface area contributed by atoms with Gasteiger partial charge in [0.25, 0.3) is 0 Å². The molecule has 0 bridgehead atoms. The third kappa shape index (κ3) is 4.49. The summed E-state index contributed by atoms with van der Waals surface area (Å²) < 4.78 is 0. The Morgan fingerprint density at radius 2 is 1.40 bits per heavy atom. The summed E-state index contributed by atoms with van der Waals surface area (Å²) in [6, 6.07) is 17.5. The molecule has 0 saturated carbocycles. The summed E-state index contributed by atoms with van der Waals surface area (Å²) in [7, 11) is 6.17. The van der Waals surface area contributed by atoms with Crippen LogP contribution >= 0.6 is 0 Å². The predicted molar refractivity (Wildman–Crippen MR) is 89.8 cm³/mol. The minimum absolute atomic E-state index is 0.885. The maximum atomic E-state index is 6.17. The standard InChI is InChI=1S/C19H22B/c1-3-16-8-10-18(11-9-16)14-19(20)13-12-17-6-4-15(2)5-7-17/h4-11H,3,12-14H2,1-2H3. The van der Waals surface area contributed by atoms with Crippen molar-refractivity contribution in [2.24, 2.45) is 0 Å². The van der Waals surface area contributed by atoms with Gasteiger partial charge in [-0.25, -0.2) is 0 Å². The van der Waals surface area contributed by atoms with Crippen molar-refractivity contribution in [3.8, 4) is 0 Å². The molecule has 2 aromatic rings. The second-order valence-corrected chi connectivity index (χ2v) is 5.49. The Morgan fingerprint density at radius 3 is 2.00 bits per heavy atom. The predicted octanol–water partition coefficient (Wildman–Crippen LogP) is 4.07. The van der Waals surface area contributed by atoms with E-state index in [1.165, 1.54) is 22.3 Å². The molecule has 20 heavy (non-hydrogen) atoms. The van der Waals surface area contributed by atoms with Gasteiger partial charge in [-0.15, -0.1) is 0 Å². The van der Waals surface area contributed by atoms with Gasteiger partial charge < -0.3 is 0 Å². The zero-order valence-electron chi connectivity index (χ0n) is 12.5. The van der Waals surface area contributed by atoms with Gasteiger partial charge in [0.2, 0.25) is 0 Å². The van der Waals surface area contributed by atoms with E-state index in [0.717, 1.165) is 31.1 Å². The van der Waals surface area contributed by atoms with E-state index < -0.39 is 0 Å². The van der Waals surface area contributed by atoms with E-state index in [-0.39, 0.29) is 0 Å². The van der Waals surface area contributed by atoms with Crippen molar-refractivity contribution < 1.29 is 0 Å².